The van der Waals surface area contributed by atoms with Gasteiger partial charge in [-0.2, -0.15) is 0 Å². The molecule has 5 heteroatoms. The third-order valence-corrected chi connectivity index (χ3v) is 3.47. The Morgan fingerprint density at radius 3 is 2.29 bits per heavy atom. The van der Waals surface area contributed by atoms with Gasteiger partial charge in [-0.3, -0.25) is 0 Å². The van der Waals surface area contributed by atoms with Crippen LogP contribution >= 0.6 is 0 Å². The summed E-state index contributed by atoms with van der Waals surface area (Å²) >= 11 is 0. The summed E-state index contributed by atoms with van der Waals surface area (Å²) in [6.45, 7) is 9.24. The molecule has 0 radical (unpaired) electrons. The molecule has 3 N–H and O–H groups in total. The molecular weight excluding hydrogens is 266 g/mol. The largest absolute Gasteiger partial charge is 0.394 e. The molecule has 2 amide bonds. The monoisotopic (exact) mass is 293 g/mol. The maximum Gasteiger partial charge on any atom is 0.319 e. The minimum atomic E-state index is -0.292. The van der Waals surface area contributed by atoms with E-state index in [0.29, 0.717) is 12.5 Å². The van der Waals surface area contributed by atoms with Gasteiger partial charge in [-0.25, -0.2) is 4.79 Å². The molecule has 0 aromatic heterocycles. The summed E-state index contributed by atoms with van der Waals surface area (Å²) in [7, 11) is 0. The van der Waals surface area contributed by atoms with Crippen molar-refractivity contribution in [2.75, 3.05) is 23.4 Å². The van der Waals surface area contributed by atoms with Crippen molar-refractivity contribution in [1.82, 2.24) is 5.32 Å². The molecule has 0 saturated carbocycles. The van der Waals surface area contributed by atoms with E-state index in [1.54, 1.807) is 0 Å². The van der Waals surface area contributed by atoms with Crippen molar-refractivity contribution in [2.24, 2.45) is 0 Å². The van der Waals surface area contributed by atoms with Crippen LogP contribution in [-0.2, 0) is 0 Å². The first kappa shape index (κ1) is 17.3. The summed E-state index contributed by atoms with van der Waals surface area (Å²) in [5.74, 6) is 0. The lowest BCUT2D eigenvalue weighted by Crippen LogP contribution is -2.39. The molecule has 1 rings (SSSR count). The van der Waals surface area contributed by atoms with Crippen molar-refractivity contribution in [2.45, 2.75) is 46.2 Å². The molecule has 5 nitrogen and oxygen atoms in total. The lowest BCUT2D eigenvalue weighted by molar-refractivity contribution is 0.222. The molecule has 1 atom stereocenters. The summed E-state index contributed by atoms with van der Waals surface area (Å²) < 4.78 is 0. The zero-order valence-electron chi connectivity index (χ0n) is 13.4. The van der Waals surface area contributed by atoms with E-state index in [9.17, 15) is 4.79 Å². The van der Waals surface area contributed by atoms with Crippen LogP contribution in [0.2, 0.25) is 0 Å². The predicted octanol–water partition coefficient (Wildman–Crippen LogP) is 2.81. The lowest BCUT2D eigenvalue weighted by atomic mass is 10.2. The number of carbonyl (C=O) groups excluding carboxylic acids is 1. The zero-order chi connectivity index (χ0) is 15.8. The van der Waals surface area contributed by atoms with Crippen molar-refractivity contribution < 1.29 is 9.90 Å². The maximum absolute atomic E-state index is 11.8. The maximum atomic E-state index is 11.8. The second-order valence-electron chi connectivity index (χ2n) is 5.31. The highest BCUT2D eigenvalue weighted by atomic mass is 16.3. The predicted molar refractivity (Wildman–Crippen MR) is 87.9 cm³/mol. The fourth-order valence-electron chi connectivity index (χ4n) is 2.21. The Bertz CT molecular complexity index is 428. The van der Waals surface area contributed by atoms with Gasteiger partial charge in [0.25, 0.3) is 0 Å². The van der Waals surface area contributed by atoms with Crippen LogP contribution in [0.5, 0.6) is 0 Å². The van der Waals surface area contributed by atoms with Gasteiger partial charge in [0, 0.05) is 24.0 Å². The summed E-state index contributed by atoms with van der Waals surface area (Å²) in [6, 6.07) is 7.72. The highest BCUT2D eigenvalue weighted by Crippen LogP contribution is 2.19. The topological polar surface area (TPSA) is 64.6 Å². The van der Waals surface area contributed by atoms with Crippen molar-refractivity contribution in [3.63, 3.8) is 0 Å². The quantitative estimate of drug-likeness (QED) is 0.724. The number of aliphatic hydroxyl groups is 1. The molecule has 0 aliphatic heterocycles. The number of urea groups is 1. The first-order chi connectivity index (χ1) is 10.0. The van der Waals surface area contributed by atoms with Crippen LogP contribution in [0.15, 0.2) is 24.3 Å². The number of nitrogens with one attached hydrogen (secondary N) is 2. The van der Waals surface area contributed by atoms with E-state index in [-0.39, 0.29) is 18.7 Å². The number of amides is 2. The molecule has 0 spiro atoms. The standard InChI is InChI=1S/C16H27N3O2/c1-5-13(11-20)17-16(21)18-14-7-9-15(10-8-14)19(6-2)12(3)4/h7-10,12-13,20H,5-6,11H2,1-4H3,(H2,17,18,21). The van der Waals surface area contributed by atoms with Crippen molar-refractivity contribution in [3.8, 4) is 0 Å². The van der Waals surface area contributed by atoms with Crippen LogP contribution in [0.1, 0.15) is 34.1 Å². The third-order valence-electron chi connectivity index (χ3n) is 3.47. The fourth-order valence-corrected chi connectivity index (χ4v) is 2.21. The van der Waals surface area contributed by atoms with E-state index in [1.807, 2.05) is 31.2 Å². The lowest BCUT2D eigenvalue weighted by Gasteiger charge is -2.27. The fraction of sp³-hybridized carbons (Fsp3) is 0.562. The molecule has 118 valence electrons. The Kier molecular flexibility index (Phi) is 7.02. The molecule has 0 saturated heterocycles. The number of aliphatic hydroxyl groups excluding tert-OH is 1. The third kappa shape index (κ3) is 5.27. The molecule has 1 aromatic rings. The van der Waals surface area contributed by atoms with E-state index < -0.39 is 0 Å². The average Bonchev–Trinajstić information content (AvgIpc) is 2.47. The molecule has 1 aromatic carbocycles. The molecule has 0 heterocycles. The smallest absolute Gasteiger partial charge is 0.319 e. The van der Waals surface area contributed by atoms with E-state index >= 15 is 0 Å². The van der Waals surface area contributed by atoms with Crippen LogP contribution in [0.4, 0.5) is 16.2 Å². The zero-order valence-corrected chi connectivity index (χ0v) is 13.4. The van der Waals surface area contributed by atoms with Crippen molar-refractivity contribution in [3.05, 3.63) is 24.3 Å². The Hall–Kier alpha value is -1.75. The molecule has 0 bridgehead atoms. The van der Waals surface area contributed by atoms with Gasteiger partial charge in [-0.1, -0.05) is 6.92 Å². The van der Waals surface area contributed by atoms with Gasteiger partial charge < -0.3 is 20.6 Å². The Morgan fingerprint density at radius 2 is 1.86 bits per heavy atom. The molecule has 0 fully saturated rings. The number of hydrogen-bond donors (Lipinski definition) is 3. The Labute approximate surface area is 127 Å². The van der Waals surface area contributed by atoms with E-state index in [0.717, 1.165) is 17.9 Å². The second-order valence-corrected chi connectivity index (χ2v) is 5.31. The summed E-state index contributed by atoms with van der Waals surface area (Å²) in [5.41, 5.74) is 1.88. The highest BCUT2D eigenvalue weighted by Gasteiger charge is 2.10. The number of carbonyl (C=O) groups is 1. The number of benzene rings is 1. The summed E-state index contributed by atoms with van der Waals surface area (Å²) in [4.78, 5) is 14.1. The number of anilines is 2. The van der Waals surface area contributed by atoms with Crippen LogP contribution in [0.3, 0.4) is 0 Å². The Morgan fingerprint density at radius 1 is 1.24 bits per heavy atom. The van der Waals surface area contributed by atoms with Gasteiger partial charge in [0.2, 0.25) is 0 Å². The molecule has 21 heavy (non-hydrogen) atoms. The van der Waals surface area contributed by atoms with Gasteiger partial charge in [-0.15, -0.1) is 0 Å². The highest BCUT2D eigenvalue weighted by molar-refractivity contribution is 5.89. The summed E-state index contributed by atoms with van der Waals surface area (Å²) in [5, 5.41) is 14.6. The van der Waals surface area contributed by atoms with E-state index in [4.69, 9.17) is 5.11 Å². The van der Waals surface area contributed by atoms with Crippen LogP contribution < -0.4 is 15.5 Å². The molecule has 1 unspecified atom stereocenters. The van der Waals surface area contributed by atoms with Gasteiger partial charge in [0.05, 0.1) is 12.6 Å². The van der Waals surface area contributed by atoms with Gasteiger partial charge >= 0.3 is 6.03 Å². The van der Waals surface area contributed by atoms with Crippen LogP contribution in [0.25, 0.3) is 0 Å². The number of nitrogens with zero attached hydrogens (tertiary/aromatic N) is 1. The molecule has 0 aliphatic rings. The Balaban J connectivity index is 2.64. The van der Waals surface area contributed by atoms with E-state index in [1.165, 1.54) is 0 Å². The minimum Gasteiger partial charge on any atom is -0.394 e. The van der Waals surface area contributed by atoms with Gasteiger partial charge in [0.15, 0.2) is 0 Å². The number of hydrogen-bond acceptors (Lipinski definition) is 3. The summed E-state index contributed by atoms with van der Waals surface area (Å²) in [6.07, 6.45) is 0.697. The van der Waals surface area contributed by atoms with Crippen LogP contribution in [-0.4, -0.2) is 36.4 Å². The first-order valence-electron chi connectivity index (χ1n) is 7.56. The van der Waals surface area contributed by atoms with Crippen molar-refractivity contribution >= 4 is 17.4 Å². The van der Waals surface area contributed by atoms with Crippen molar-refractivity contribution in [1.29, 1.82) is 0 Å². The van der Waals surface area contributed by atoms with Crippen LogP contribution in [0, 0.1) is 0 Å². The average molecular weight is 293 g/mol. The molecular formula is C16H27N3O2. The molecule has 0 aliphatic carbocycles. The second kappa shape index (κ2) is 8.52. The number of rotatable bonds is 7. The normalized spacial score (nSPS) is 12.1. The SMILES string of the molecule is CCC(CO)NC(=O)Nc1ccc(N(CC)C(C)C)cc1. The van der Waals surface area contributed by atoms with E-state index in [2.05, 4.69) is 36.3 Å². The first-order valence-corrected chi connectivity index (χ1v) is 7.56. The minimum absolute atomic E-state index is 0.0529. The van der Waals surface area contributed by atoms with Gasteiger partial charge in [-0.05, 0) is 51.5 Å². The van der Waals surface area contributed by atoms with Gasteiger partial charge in [0.1, 0.15) is 0 Å².